The number of esters is 1. The van der Waals surface area contributed by atoms with Gasteiger partial charge in [0.05, 0.1) is 38.5 Å². The van der Waals surface area contributed by atoms with Crippen LogP contribution in [0.15, 0.2) is 66.7 Å². The monoisotopic (exact) mass is 415 g/mol. The lowest BCUT2D eigenvalue weighted by atomic mass is 10.0. The summed E-state index contributed by atoms with van der Waals surface area (Å²) < 4.78 is 21.2. The molecule has 0 heterocycles. The lowest BCUT2D eigenvalue weighted by Gasteiger charge is -2.09. The van der Waals surface area contributed by atoms with Crippen molar-refractivity contribution in [3.05, 3.63) is 83.4 Å². The predicted octanol–water partition coefficient (Wildman–Crippen LogP) is 5.00. The van der Waals surface area contributed by atoms with Crippen LogP contribution in [-0.2, 0) is 0 Å². The van der Waals surface area contributed by atoms with E-state index in [0.29, 0.717) is 45.3 Å². The molecule has 0 aliphatic carbocycles. The SMILES string of the molecule is COc1cccc(C(=O)Oc2cccc(/C=C(/C#N)c3ccc(OC)c(OC)c3)c2)c1. The summed E-state index contributed by atoms with van der Waals surface area (Å²) in [6, 6.07) is 21.1. The number of hydrogen-bond acceptors (Lipinski definition) is 6. The molecule has 3 aromatic carbocycles. The molecule has 0 aliphatic heterocycles. The van der Waals surface area contributed by atoms with Crippen molar-refractivity contribution in [3.63, 3.8) is 0 Å². The van der Waals surface area contributed by atoms with Crippen LogP contribution in [0.1, 0.15) is 21.5 Å². The average molecular weight is 415 g/mol. The fourth-order valence-corrected chi connectivity index (χ4v) is 2.93. The maximum atomic E-state index is 12.5. The van der Waals surface area contributed by atoms with Gasteiger partial charge in [0.25, 0.3) is 0 Å². The van der Waals surface area contributed by atoms with E-state index in [1.165, 1.54) is 14.2 Å². The molecule has 156 valence electrons. The highest BCUT2D eigenvalue weighted by Crippen LogP contribution is 2.31. The summed E-state index contributed by atoms with van der Waals surface area (Å²) in [7, 11) is 4.62. The van der Waals surface area contributed by atoms with Crippen molar-refractivity contribution in [2.24, 2.45) is 0 Å². The van der Waals surface area contributed by atoms with Crippen LogP contribution in [0.3, 0.4) is 0 Å². The van der Waals surface area contributed by atoms with Crippen LogP contribution in [0.4, 0.5) is 0 Å². The maximum absolute atomic E-state index is 12.5. The van der Waals surface area contributed by atoms with Gasteiger partial charge in [-0.05, 0) is 65.7 Å². The van der Waals surface area contributed by atoms with Gasteiger partial charge in [0.15, 0.2) is 11.5 Å². The zero-order chi connectivity index (χ0) is 22.2. The van der Waals surface area contributed by atoms with Gasteiger partial charge in [-0.2, -0.15) is 5.26 Å². The summed E-state index contributed by atoms with van der Waals surface area (Å²) in [6.45, 7) is 0. The molecule has 0 aromatic heterocycles. The molecule has 0 N–H and O–H groups in total. The number of nitriles is 1. The summed E-state index contributed by atoms with van der Waals surface area (Å²) in [6.07, 6.45) is 1.71. The first-order valence-electron chi connectivity index (χ1n) is 9.38. The molecule has 0 radical (unpaired) electrons. The van der Waals surface area contributed by atoms with Crippen molar-refractivity contribution >= 4 is 17.6 Å². The summed E-state index contributed by atoms with van der Waals surface area (Å²) in [5.41, 5.74) is 2.20. The molecule has 0 unspecified atom stereocenters. The number of nitrogens with zero attached hydrogens (tertiary/aromatic N) is 1. The van der Waals surface area contributed by atoms with Crippen LogP contribution in [0.2, 0.25) is 0 Å². The molecular weight excluding hydrogens is 394 g/mol. The average Bonchev–Trinajstić information content (AvgIpc) is 2.82. The Morgan fingerprint density at radius 3 is 2.26 bits per heavy atom. The summed E-state index contributed by atoms with van der Waals surface area (Å²) in [5.74, 6) is 1.54. The zero-order valence-electron chi connectivity index (χ0n) is 17.4. The Morgan fingerprint density at radius 2 is 1.55 bits per heavy atom. The van der Waals surface area contributed by atoms with Gasteiger partial charge in [-0.15, -0.1) is 0 Å². The number of rotatable bonds is 7. The number of carbonyl (C=O) groups excluding carboxylic acids is 1. The Balaban J connectivity index is 1.85. The predicted molar refractivity (Wildman–Crippen MR) is 117 cm³/mol. The van der Waals surface area contributed by atoms with Crippen molar-refractivity contribution < 1.29 is 23.7 Å². The third-order valence-corrected chi connectivity index (χ3v) is 4.50. The van der Waals surface area contributed by atoms with Gasteiger partial charge in [-0.1, -0.05) is 18.2 Å². The van der Waals surface area contributed by atoms with Gasteiger partial charge < -0.3 is 18.9 Å². The molecule has 31 heavy (non-hydrogen) atoms. The Morgan fingerprint density at radius 1 is 0.806 bits per heavy atom. The van der Waals surface area contributed by atoms with Crippen molar-refractivity contribution in [1.29, 1.82) is 5.26 Å². The molecule has 3 aromatic rings. The van der Waals surface area contributed by atoms with Crippen LogP contribution in [0.5, 0.6) is 23.0 Å². The first-order chi connectivity index (χ1) is 15.1. The second-order valence-electron chi connectivity index (χ2n) is 6.43. The maximum Gasteiger partial charge on any atom is 0.343 e. The third-order valence-electron chi connectivity index (χ3n) is 4.50. The summed E-state index contributed by atoms with van der Waals surface area (Å²) in [5, 5.41) is 9.66. The van der Waals surface area contributed by atoms with E-state index in [0.717, 1.165) is 0 Å². The van der Waals surface area contributed by atoms with Crippen molar-refractivity contribution in [2.45, 2.75) is 0 Å². The van der Waals surface area contributed by atoms with Gasteiger partial charge in [0.1, 0.15) is 11.5 Å². The molecule has 0 atom stereocenters. The van der Waals surface area contributed by atoms with Gasteiger partial charge in [0.2, 0.25) is 0 Å². The van der Waals surface area contributed by atoms with Crippen LogP contribution >= 0.6 is 0 Å². The molecule has 6 nitrogen and oxygen atoms in total. The summed E-state index contributed by atoms with van der Waals surface area (Å²) >= 11 is 0. The van der Waals surface area contributed by atoms with Gasteiger partial charge >= 0.3 is 5.97 Å². The highest BCUT2D eigenvalue weighted by Gasteiger charge is 2.11. The van der Waals surface area contributed by atoms with E-state index >= 15 is 0 Å². The first kappa shape index (κ1) is 21.5. The quantitative estimate of drug-likeness (QED) is 0.234. The van der Waals surface area contributed by atoms with Gasteiger partial charge in [-0.25, -0.2) is 4.79 Å². The minimum absolute atomic E-state index is 0.367. The van der Waals surface area contributed by atoms with E-state index in [9.17, 15) is 10.1 Å². The molecule has 0 saturated carbocycles. The number of methoxy groups -OCH3 is 3. The second-order valence-corrected chi connectivity index (χ2v) is 6.43. The largest absolute Gasteiger partial charge is 0.497 e. The Bertz CT molecular complexity index is 1160. The van der Waals surface area contributed by atoms with E-state index in [4.69, 9.17) is 18.9 Å². The number of carbonyl (C=O) groups is 1. The normalized spacial score (nSPS) is 10.7. The van der Waals surface area contributed by atoms with Crippen molar-refractivity contribution in [1.82, 2.24) is 0 Å². The number of hydrogen-bond donors (Lipinski definition) is 0. The number of allylic oxidation sites excluding steroid dienone is 1. The van der Waals surface area contributed by atoms with E-state index in [-0.39, 0.29) is 0 Å². The fourth-order valence-electron chi connectivity index (χ4n) is 2.93. The number of ether oxygens (including phenoxy) is 4. The van der Waals surface area contributed by atoms with E-state index < -0.39 is 5.97 Å². The number of benzene rings is 3. The molecular formula is C25H21NO5. The highest BCUT2D eigenvalue weighted by atomic mass is 16.5. The van der Waals surface area contributed by atoms with Crippen LogP contribution in [0.25, 0.3) is 11.6 Å². The molecule has 0 aliphatic rings. The molecule has 0 spiro atoms. The van der Waals surface area contributed by atoms with Gasteiger partial charge in [-0.3, -0.25) is 0 Å². The lowest BCUT2D eigenvalue weighted by Crippen LogP contribution is -2.08. The molecule has 6 heteroatoms. The Kier molecular flexibility index (Phi) is 6.92. The van der Waals surface area contributed by atoms with E-state index in [1.807, 2.05) is 6.07 Å². The minimum Gasteiger partial charge on any atom is -0.497 e. The highest BCUT2D eigenvalue weighted by molar-refractivity contribution is 5.92. The minimum atomic E-state index is -0.500. The van der Waals surface area contributed by atoms with Crippen LogP contribution in [0, 0.1) is 11.3 Å². The summed E-state index contributed by atoms with van der Waals surface area (Å²) in [4.78, 5) is 12.5. The topological polar surface area (TPSA) is 77.8 Å². The van der Waals surface area contributed by atoms with Crippen molar-refractivity contribution in [3.8, 4) is 29.1 Å². The zero-order valence-corrected chi connectivity index (χ0v) is 17.4. The standard InChI is InChI=1S/C25H21NO5/c1-28-21-8-5-7-19(14-21)25(27)31-22-9-4-6-17(13-22)12-20(16-26)18-10-11-23(29-2)24(15-18)30-3/h4-15H,1-3H3/b20-12-. The van der Waals surface area contributed by atoms with Gasteiger partial charge in [0, 0.05) is 0 Å². The third kappa shape index (κ3) is 5.22. The molecule has 3 rings (SSSR count). The smallest absolute Gasteiger partial charge is 0.343 e. The van der Waals surface area contributed by atoms with E-state index in [2.05, 4.69) is 6.07 Å². The molecule has 0 fully saturated rings. The molecule has 0 amide bonds. The fraction of sp³-hybridized carbons (Fsp3) is 0.120. The molecule has 0 bridgehead atoms. The molecule has 0 saturated heterocycles. The Labute approximate surface area is 180 Å². The lowest BCUT2D eigenvalue weighted by molar-refractivity contribution is 0.0734. The van der Waals surface area contributed by atoms with Crippen LogP contribution in [-0.4, -0.2) is 27.3 Å². The Hall–Kier alpha value is -4.24. The van der Waals surface area contributed by atoms with Crippen LogP contribution < -0.4 is 18.9 Å². The first-order valence-corrected chi connectivity index (χ1v) is 9.38. The van der Waals surface area contributed by atoms with E-state index in [1.54, 1.807) is 73.8 Å². The second kappa shape index (κ2) is 9.99. The van der Waals surface area contributed by atoms with Crippen molar-refractivity contribution in [2.75, 3.05) is 21.3 Å².